The summed E-state index contributed by atoms with van der Waals surface area (Å²) in [5.41, 5.74) is 0. The Labute approximate surface area is 124 Å². The number of phenolic OH excluding ortho intramolecular Hbond substituents is 1. The van der Waals surface area contributed by atoms with Crippen LogP contribution in [0.2, 0.25) is 0 Å². The predicted octanol–water partition coefficient (Wildman–Crippen LogP) is 5.47. The first-order valence-electron chi connectivity index (χ1n) is 4.68. The summed E-state index contributed by atoms with van der Waals surface area (Å²) in [7, 11) is 0. The fraction of sp³-hybridized carbons (Fsp3) is 0. The fourth-order valence-corrected chi connectivity index (χ4v) is 3.70. The van der Waals surface area contributed by atoms with Gasteiger partial charge in [0.25, 0.3) is 0 Å². The van der Waals surface area contributed by atoms with Crippen LogP contribution < -0.4 is 4.74 Å². The number of rotatable bonds is 2. The molecule has 2 nitrogen and oxygen atoms in total. The molecule has 1 N–H and O–H groups in total. The molecule has 2 aromatic carbocycles. The van der Waals surface area contributed by atoms with Gasteiger partial charge in [0.15, 0.2) is 17.2 Å². The first-order valence-corrected chi connectivity index (χ1v) is 7.06. The average molecular weight is 423 g/mol. The number of halogens is 3. The van der Waals surface area contributed by atoms with E-state index in [1.807, 2.05) is 12.1 Å². The molecule has 2 aromatic rings. The van der Waals surface area contributed by atoms with E-state index in [0.717, 1.165) is 13.4 Å². The summed E-state index contributed by atoms with van der Waals surface area (Å²) in [6.07, 6.45) is 0. The Bertz CT molecular complexity index is 532. The van der Waals surface area contributed by atoms with Crippen molar-refractivity contribution in [2.75, 3.05) is 0 Å². The number of benzene rings is 2. The smallest absolute Gasteiger partial charge is 0.169 e. The first kappa shape index (κ1) is 12.9. The van der Waals surface area contributed by atoms with Crippen molar-refractivity contribution in [1.29, 1.82) is 0 Å². The van der Waals surface area contributed by atoms with Gasteiger partial charge in [-0.2, -0.15) is 0 Å². The Morgan fingerprint density at radius 2 is 1.53 bits per heavy atom. The van der Waals surface area contributed by atoms with E-state index in [9.17, 15) is 5.11 Å². The predicted molar refractivity (Wildman–Crippen MR) is 77.7 cm³/mol. The molecule has 0 fully saturated rings. The lowest BCUT2D eigenvalue weighted by Gasteiger charge is -2.11. The van der Waals surface area contributed by atoms with E-state index in [4.69, 9.17) is 4.74 Å². The molecule has 0 aliphatic carbocycles. The molecule has 0 unspecified atom stereocenters. The molecular weight excluding hydrogens is 416 g/mol. The maximum Gasteiger partial charge on any atom is 0.169 e. The largest absolute Gasteiger partial charge is 0.504 e. The third-order valence-corrected chi connectivity index (χ3v) is 3.68. The summed E-state index contributed by atoms with van der Waals surface area (Å²) in [5, 5.41) is 9.64. The normalized spacial score (nSPS) is 10.3. The molecule has 0 saturated heterocycles. The minimum atomic E-state index is 0.106. The molecular formula is C12H7Br3O2. The minimum Gasteiger partial charge on any atom is -0.504 e. The maximum absolute atomic E-state index is 9.64. The van der Waals surface area contributed by atoms with Crippen molar-refractivity contribution in [1.82, 2.24) is 0 Å². The van der Waals surface area contributed by atoms with Gasteiger partial charge in [0.2, 0.25) is 0 Å². The van der Waals surface area contributed by atoms with Gasteiger partial charge in [-0.15, -0.1) is 0 Å². The van der Waals surface area contributed by atoms with Crippen LogP contribution in [0.5, 0.6) is 17.2 Å². The quantitative estimate of drug-likeness (QED) is 0.695. The van der Waals surface area contributed by atoms with Crippen LogP contribution in [0.25, 0.3) is 0 Å². The van der Waals surface area contributed by atoms with Crippen LogP contribution in [-0.2, 0) is 0 Å². The van der Waals surface area contributed by atoms with E-state index in [1.165, 1.54) is 0 Å². The zero-order valence-corrected chi connectivity index (χ0v) is 13.2. The minimum absolute atomic E-state index is 0.106. The van der Waals surface area contributed by atoms with Gasteiger partial charge in [0, 0.05) is 4.47 Å². The highest BCUT2D eigenvalue weighted by Gasteiger charge is 2.11. The lowest BCUT2D eigenvalue weighted by molar-refractivity contribution is 0.409. The molecule has 0 bridgehead atoms. The summed E-state index contributed by atoms with van der Waals surface area (Å²) in [5.74, 6) is 1.14. The SMILES string of the molecule is Oc1ccccc1Oc1c(Br)cc(Br)cc1Br. The molecule has 17 heavy (non-hydrogen) atoms. The number of hydrogen-bond acceptors (Lipinski definition) is 2. The van der Waals surface area contributed by atoms with Crippen molar-refractivity contribution < 1.29 is 9.84 Å². The van der Waals surface area contributed by atoms with Crippen molar-refractivity contribution in [3.8, 4) is 17.2 Å². The lowest BCUT2D eigenvalue weighted by Crippen LogP contribution is -1.87. The lowest BCUT2D eigenvalue weighted by atomic mass is 10.3. The summed E-state index contributed by atoms with van der Waals surface area (Å²) in [6, 6.07) is 10.6. The second kappa shape index (κ2) is 5.42. The second-order valence-electron chi connectivity index (χ2n) is 3.27. The molecule has 88 valence electrons. The average Bonchev–Trinajstić information content (AvgIpc) is 2.25. The van der Waals surface area contributed by atoms with E-state index >= 15 is 0 Å². The van der Waals surface area contributed by atoms with E-state index in [-0.39, 0.29) is 5.75 Å². The monoisotopic (exact) mass is 420 g/mol. The highest BCUT2D eigenvalue weighted by molar-refractivity contribution is 9.11. The van der Waals surface area contributed by atoms with E-state index in [0.29, 0.717) is 11.5 Å². The molecule has 0 heterocycles. The number of hydrogen-bond donors (Lipinski definition) is 1. The molecule has 0 aromatic heterocycles. The highest BCUT2D eigenvalue weighted by Crippen LogP contribution is 2.41. The Balaban J connectivity index is 2.40. The van der Waals surface area contributed by atoms with Gasteiger partial charge in [0.1, 0.15) is 0 Å². The third kappa shape index (κ3) is 3.03. The van der Waals surface area contributed by atoms with E-state index in [2.05, 4.69) is 47.8 Å². The Morgan fingerprint density at radius 3 is 2.12 bits per heavy atom. The molecule has 0 spiro atoms. The second-order valence-corrected chi connectivity index (χ2v) is 5.89. The van der Waals surface area contributed by atoms with Crippen molar-refractivity contribution >= 4 is 47.8 Å². The summed E-state index contributed by atoms with van der Waals surface area (Å²) in [4.78, 5) is 0. The van der Waals surface area contributed by atoms with Gasteiger partial charge < -0.3 is 9.84 Å². The molecule has 0 amide bonds. The third-order valence-electron chi connectivity index (χ3n) is 2.04. The van der Waals surface area contributed by atoms with Gasteiger partial charge in [-0.3, -0.25) is 0 Å². The number of aromatic hydroxyl groups is 1. The number of ether oxygens (including phenoxy) is 1. The standard InChI is InChI=1S/C12H7Br3O2/c13-7-5-8(14)12(9(15)6-7)17-11-4-2-1-3-10(11)16/h1-6,16H. The summed E-state index contributed by atoms with van der Waals surface area (Å²) in [6.45, 7) is 0. The molecule has 0 radical (unpaired) electrons. The van der Waals surface area contributed by atoms with Gasteiger partial charge in [-0.1, -0.05) is 28.1 Å². The zero-order chi connectivity index (χ0) is 12.4. The van der Waals surface area contributed by atoms with Gasteiger partial charge in [-0.25, -0.2) is 0 Å². The van der Waals surface area contributed by atoms with Crippen LogP contribution in [-0.4, -0.2) is 5.11 Å². The molecule has 0 aliphatic rings. The number of para-hydroxylation sites is 2. The van der Waals surface area contributed by atoms with Crippen LogP contribution in [0.3, 0.4) is 0 Å². The molecule has 0 saturated carbocycles. The summed E-state index contributed by atoms with van der Waals surface area (Å²) >= 11 is 10.2. The Morgan fingerprint density at radius 1 is 0.941 bits per heavy atom. The van der Waals surface area contributed by atoms with E-state index in [1.54, 1.807) is 24.3 Å². The van der Waals surface area contributed by atoms with Crippen LogP contribution in [0.1, 0.15) is 0 Å². The van der Waals surface area contributed by atoms with Crippen molar-refractivity contribution in [3.63, 3.8) is 0 Å². The van der Waals surface area contributed by atoms with Crippen LogP contribution in [0, 0.1) is 0 Å². The maximum atomic E-state index is 9.64. The van der Waals surface area contributed by atoms with Crippen LogP contribution in [0.4, 0.5) is 0 Å². The first-order chi connectivity index (χ1) is 8.08. The van der Waals surface area contributed by atoms with Gasteiger partial charge >= 0.3 is 0 Å². The van der Waals surface area contributed by atoms with Crippen molar-refractivity contribution in [2.24, 2.45) is 0 Å². The van der Waals surface area contributed by atoms with Crippen molar-refractivity contribution in [2.45, 2.75) is 0 Å². The van der Waals surface area contributed by atoms with Crippen molar-refractivity contribution in [3.05, 3.63) is 49.8 Å². The topological polar surface area (TPSA) is 29.5 Å². The molecule has 0 atom stereocenters. The van der Waals surface area contributed by atoms with Gasteiger partial charge in [-0.05, 0) is 56.1 Å². The fourth-order valence-electron chi connectivity index (χ4n) is 1.28. The Kier molecular flexibility index (Phi) is 4.12. The highest BCUT2D eigenvalue weighted by atomic mass is 79.9. The van der Waals surface area contributed by atoms with Crippen LogP contribution in [0.15, 0.2) is 49.8 Å². The van der Waals surface area contributed by atoms with Gasteiger partial charge in [0.05, 0.1) is 8.95 Å². The molecule has 0 aliphatic heterocycles. The summed E-state index contributed by atoms with van der Waals surface area (Å²) < 4.78 is 8.18. The van der Waals surface area contributed by atoms with Crippen LogP contribution >= 0.6 is 47.8 Å². The zero-order valence-electron chi connectivity index (χ0n) is 8.45. The molecule has 5 heteroatoms. The van der Waals surface area contributed by atoms with E-state index < -0.39 is 0 Å². The Hall–Kier alpha value is -0.520. The number of phenols is 1. The molecule has 2 rings (SSSR count).